The Kier molecular flexibility index (Phi) is 4.20. The van der Waals surface area contributed by atoms with Crippen molar-refractivity contribution in [2.75, 3.05) is 13.2 Å². The van der Waals surface area contributed by atoms with Crippen LogP contribution in [-0.2, 0) is 6.54 Å². The maximum atomic E-state index is 7.47. The van der Waals surface area contributed by atoms with Gasteiger partial charge >= 0.3 is 0 Å². The number of amidine groups is 1. The van der Waals surface area contributed by atoms with Crippen LogP contribution in [0.3, 0.4) is 0 Å². The Balaban J connectivity index is 2.13. The summed E-state index contributed by atoms with van der Waals surface area (Å²) in [5, 5.41) is 7.47. The first-order valence-electron chi connectivity index (χ1n) is 6.48. The molecule has 0 aromatic heterocycles. The fraction of sp³-hybridized carbons (Fsp3) is 0.500. The van der Waals surface area contributed by atoms with E-state index in [0.29, 0.717) is 19.1 Å². The number of hydrogen-bond donors (Lipinski definition) is 2. The first-order chi connectivity index (χ1) is 8.70. The number of benzene rings is 1. The zero-order chi connectivity index (χ0) is 13.0. The van der Waals surface area contributed by atoms with Crippen LogP contribution >= 0.6 is 0 Å². The molecule has 2 rings (SSSR count). The van der Waals surface area contributed by atoms with Gasteiger partial charge in [0.1, 0.15) is 12.4 Å². The van der Waals surface area contributed by atoms with Crippen molar-refractivity contribution in [1.29, 1.82) is 5.41 Å². The van der Waals surface area contributed by atoms with Gasteiger partial charge in [-0.2, -0.15) is 0 Å². The van der Waals surface area contributed by atoms with Crippen molar-refractivity contribution in [3.8, 4) is 5.75 Å². The van der Waals surface area contributed by atoms with E-state index in [4.69, 9.17) is 15.9 Å². The predicted octanol–water partition coefficient (Wildman–Crippen LogP) is 1.99. The SMILES string of the molecule is CCC(CC(=N)N)N1CCOc2ccccc2C1. The summed E-state index contributed by atoms with van der Waals surface area (Å²) in [7, 11) is 0. The van der Waals surface area contributed by atoms with Gasteiger partial charge in [-0.25, -0.2) is 0 Å². The molecule has 0 fully saturated rings. The molecule has 1 aromatic rings. The van der Waals surface area contributed by atoms with E-state index >= 15 is 0 Å². The van der Waals surface area contributed by atoms with Gasteiger partial charge in [0, 0.05) is 31.1 Å². The molecule has 1 aromatic carbocycles. The monoisotopic (exact) mass is 247 g/mol. The number of fused-ring (bicyclic) bond motifs is 1. The van der Waals surface area contributed by atoms with E-state index in [0.717, 1.165) is 25.3 Å². The molecule has 1 atom stereocenters. The van der Waals surface area contributed by atoms with Crippen LogP contribution in [0.2, 0.25) is 0 Å². The Morgan fingerprint density at radius 1 is 1.50 bits per heavy atom. The molecule has 0 radical (unpaired) electrons. The first kappa shape index (κ1) is 12.9. The number of para-hydroxylation sites is 1. The minimum Gasteiger partial charge on any atom is -0.492 e. The molecule has 18 heavy (non-hydrogen) atoms. The summed E-state index contributed by atoms with van der Waals surface area (Å²) in [6.45, 7) is 4.61. The van der Waals surface area contributed by atoms with Crippen LogP contribution in [0.15, 0.2) is 24.3 Å². The van der Waals surface area contributed by atoms with Crippen molar-refractivity contribution in [1.82, 2.24) is 4.90 Å². The Morgan fingerprint density at radius 2 is 2.28 bits per heavy atom. The van der Waals surface area contributed by atoms with Gasteiger partial charge in [-0.3, -0.25) is 10.3 Å². The molecule has 0 spiro atoms. The van der Waals surface area contributed by atoms with E-state index in [1.54, 1.807) is 0 Å². The summed E-state index contributed by atoms with van der Waals surface area (Å²) in [5.41, 5.74) is 6.75. The number of hydrogen-bond acceptors (Lipinski definition) is 3. The van der Waals surface area contributed by atoms with Gasteiger partial charge in [0.05, 0.1) is 5.84 Å². The number of nitrogens with two attached hydrogens (primary N) is 1. The molecule has 0 amide bonds. The maximum Gasteiger partial charge on any atom is 0.123 e. The lowest BCUT2D eigenvalue weighted by Crippen LogP contribution is -2.38. The number of ether oxygens (including phenoxy) is 1. The highest BCUT2D eigenvalue weighted by Crippen LogP contribution is 2.24. The van der Waals surface area contributed by atoms with Crippen molar-refractivity contribution in [2.24, 2.45) is 5.73 Å². The molecule has 1 unspecified atom stereocenters. The van der Waals surface area contributed by atoms with E-state index < -0.39 is 0 Å². The van der Waals surface area contributed by atoms with Crippen LogP contribution in [0.4, 0.5) is 0 Å². The molecule has 4 nitrogen and oxygen atoms in total. The molecular weight excluding hydrogens is 226 g/mol. The molecule has 0 aliphatic carbocycles. The van der Waals surface area contributed by atoms with E-state index in [-0.39, 0.29) is 5.84 Å². The second-order valence-electron chi connectivity index (χ2n) is 4.72. The Bertz CT molecular complexity index is 419. The highest BCUT2D eigenvalue weighted by atomic mass is 16.5. The average molecular weight is 247 g/mol. The minimum atomic E-state index is 0.264. The molecule has 4 heteroatoms. The standard InChI is InChI=1S/C14H21N3O/c1-2-12(9-14(15)16)17-7-8-18-13-6-4-3-5-11(13)10-17/h3-6,12H,2,7-10H2,1H3,(H3,15,16). The molecule has 3 N–H and O–H groups in total. The summed E-state index contributed by atoms with van der Waals surface area (Å²) in [6, 6.07) is 8.50. The molecule has 98 valence electrons. The lowest BCUT2D eigenvalue weighted by molar-refractivity contribution is 0.167. The van der Waals surface area contributed by atoms with Gasteiger partial charge < -0.3 is 10.5 Å². The maximum absolute atomic E-state index is 7.47. The summed E-state index contributed by atoms with van der Waals surface area (Å²) >= 11 is 0. The average Bonchev–Trinajstić information content (AvgIpc) is 2.57. The van der Waals surface area contributed by atoms with Crippen molar-refractivity contribution < 1.29 is 4.74 Å². The van der Waals surface area contributed by atoms with Gasteiger partial charge in [0.15, 0.2) is 0 Å². The summed E-state index contributed by atoms with van der Waals surface area (Å²) in [6.07, 6.45) is 1.64. The molecule has 0 saturated heterocycles. The molecule has 1 aliphatic rings. The fourth-order valence-electron chi connectivity index (χ4n) is 2.44. The quantitative estimate of drug-likeness (QED) is 0.632. The third-order valence-electron chi connectivity index (χ3n) is 3.43. The highest BCUT2D eigenvalue weighted by Gasteiger charge is 2.21. The van der Waals surface area contributed by atoms with Gasteiger partial charge in [-0.1, -0.05) is 25.1 Å². The Morgan fingerprint density at radius 3 is 3.00 bits per heavy atom. The largest absolute Gasteiger partial charge is 0.492 e. The van der Waals surface area contributed by atoms with Crippen LogP contribution in [0, 0.1) is 5.41 Å². The van der Waals surface area contributed by atoms with Crippen LogP contribution < -0.4 is 10.5 Å². The highest BCUT2D eigenvalue weighted by molar-refractivity contribution is 5.77. The topological polar surface area (TPSA) is 62.3 Å². The smallest absolute Gasteiger partial charge is 0.123 e. The molecule has 0 saturated carbocycles. The Hall–Kier alpha value is -1.55. The second-order valence-corrected chi connectivity index (χ2v) is 4.72. The van der Waals surface area contributed by atoms with Crippen LogP contribution in [-0.4, -0.2) is 29.9 Å². The van der Waals surface area contributed by atoms with Crippen molar-refractivity contribution in [2.45, 2.75) is 32.4 Å². The van der Waals surface area contributed by atoms with Crippen LogP contribution in [0.25, 0.3) is 0 Å². The lowest BCUT2D eigenvalue weighted by atomic mass is 10.1. The van der Waals surface area contributed by atoms with E-state index in [1.165, 1.54) is 5.56 Å². The van der Waals surface area contributed by atoms with E-state index in [2.05, 4.69) is 17.9 Å². The number of nitrogens with zero attached hydrogens (tertiary/aromatic N) is 1. The fourth-order valence-corrected chi connectivity index (χ4v) is 2.44. The van der Waals surface area contributed by atoms with Crippen LogP contribution in [0.1, 0.15) is 25.3 Å². The van der Waals surface area contributed by atoms with Gasteiger partial charge in [-0.15, -0.1) is 0 Å². The van der Waals surface area contributed by atoms with Gasteiger partial charge in [0.2, 0.25) is 0 Å². The molecular formula is C14H21N3O. The zero-order valence-corrected chi connectivity index (χ0v) is 10.9. The van der Waals surface area contributed by atoms with Crippen molar-refractivity contribution in [3.05, 3.63) is 29.8 Å². The first-order valence-corrected chi connectivity index (χ1v) is 6.48. The second kappa shape index (κ2) is 5.87. The summed E-state index contributed by atoms with van der Waals surface area (Å²) < 4.78 is 5.75. The van der Waals surface area contributed by atoms with Crippen LogP contribution in [0.5, 0.6) is 5.75 Å². The zero-order valence-electron chi connectivity index (χ0n) is 10.9. The molecule has 1 heterocycles. The van der Waals surface area contributed by atoms with Crippen molar-refractivity contribution >= 4 is 5.84 Å². The summed E-state index contributed by atoms with van der Waals surface area (Å²) in [5.74, 6) is 1.25. The third kappa shape index (κ3) is 3.01. The normalized spacial score (nSPS) is 17.4. The summed E-state index contributed by atoms with van der Waals surface area (Å²) in [4.78, 5) is 2.37. The number of nitrogens with one attached hydrogen (secondary N) is 1. The lowest BCUT2D eigenvalue weighted by Gasteiger charge is -2.29. The van der Waals surface area contributed by atoms with Gasteiger partial charge in [0.25, 0.3) is 0 Å². The molecule has 0 bridgehead atoms. The Labute approximate surface area is 108 Å². The van der Waals surface area contributed by atoms with Gasteiger partial charge in [-0.05, 0) is 12.5 Å². The minimum absolute atomic E-state index is 0.264. The number of rotatable bonds is 4. The third-order valence-corrected chi connectivity index (χ3v) is 3.43. The predicted molar refractivity (Wildman–Crippen MR) is 73.0 cm³/mol. The van der Waals surface area contributed by atoms with E-state index in [1.807, 2.05) is 18.2 Å². The van der Waals surface area contributed by atoms with E-state index in [9.17, 15) is 0 Å². The molecule has 1 aliphatic heterocycles. The van der Waals surface area contributed by atoms with Crippen molar-refractivity contribution in [3.63, 3.8) is 0 Å².